The van der Waals surface area contributed by atoms with Crippen LogP contribution in [0.5, 0.6) is 0 Å². The Bertz CT molecular complexity index is 564. The fraction of sp³-hybridized carbons (Fsp3) is 0.650. The van der Waals surface area contributed by atoms with Gasteiger partial charge in [-0.2, -0.15) is 0 Å². The average Bonchev–Trinajstić information content (AvgIpc) is 2.56. The number of aliphatic imine (C=N–C) groups is 1. The van der Waals surface area contributed by atoms with Crippen LogP contribution in [0.25, 0.3) is 0 Å². The molecular weight excluding hydrogens is 336 g/mol. The molecule has 148 valence electrons. The summed E-state index contributed by atoms with van der Waals surface area (Å²) in [5.41, 5.74) is 0.479. The van der Waals surface area contributed by atoms with Crippen LogP contribution in [0.2, 0.25) is 0 Å². The van der Waals surface area contributed by atoms with Crippen LogP contribution in [0.15, 0.2) is 23.2 Å². The van der Waals surface area contributed by atoms with E-state index in [2.05, 4.69) is 29.5 Å². The lowest BCUT2D eigenvalue weighted by atomic mass is 9.94. The van der Waals surface area contributed by atoms with Crippen molar-refractivity contribution in [1.29, 1.82) is 0 Å². The van der Waals surface area contributed by atoms with Crippen molar-refractivity contribution < 1.29 is 13.9 Å². The highest BCUT2D eigenvalue weighted by Gasteiger charge is 2.14. The fourth-order valence-corrected chi connectivity index (χ4v) is 2.96. The van der Waals surface area contributed by atoms with Crippen LogP contribution in [-0.2, 0) is 0 Å². The molecule has 0 amide bonds. The molecule has 0 saturated heterocycles. The average molecular weight is 370 g/mol. The van der Waals surface area contributed by atoms with Gasteiger partial charge in [-0.3, -0.25) is 4.99 Å². The molecule has 0 aliphatic rings. The lowest BCUT2D eigenvalue weighted by molar-refractivity contribution is 0.245. The van der Waals surface area contributed by atoms with Gasteiger partial charge in [0.1, 0.15) is 11.6 Å². The molecule has 0 spiro atoms. The quantitative estimate of drug-likeness (QED) is 0.436. The maximum Gasteiger partial charge on any atom is 0.191 e. The Morgan fingerprint density at radius 3 is 2.50 bits per heavy atom. The molecule has 0 radical (unpaired) electrons. The van der Waals surface area contributed by atoms with E-state index in [4.69, 9.17) is 0 Å². The SMILES string of the molecule is CCNC(=NCC(CCO)CC(C)C)NCC(C)c1ccc(F)cc1F. The molecule has 0 bridgehead atoms. The summed E-state index contributed by atoms with van der Waals surface area (Å²) in [4.78, 5) is 4.62. The summed E-state index contributed by atoms with van der Waals surface area (Å²) in [6.45, 7) is 10.2. The number of hydrogen-bond donors (Lipinski definition) is 3. The molecule has 2 unspecified atom stereocenters. The molecule has 6 heteroatoms. The molecule has 1 aromatic carbocycles. The Hall–Kier alpha value is -1.69. The van der Waals surface area contributed by atoms with E-state index in [9.17, 15) is 13.9 Å². The topological polar surface area (TPSA) is 56.7 Å². The summed E-state index contributed by atoms with van der Waals surface area (Å²) in [7, 11) is 0. The van der Waals surface area contributed by atoms with Crippen LogP contribution in [-0.4, -0.2) is 37.3 Å². The van der Waals surface area contributed by atoms with E-state index in [1.54, 1.807) is 0 Å². The summed E-state index contributed by atoms with van der Waals surface area (Å²) in [6.07, 6.45) is 1.75. The second-order valence-corrected chi connectivity index (χ2v) is 7.18. The molecule has 0 fully saturated rings. The smallest absolute Gasteiger partial charge is 0.191 e. The standard InChI is InChI=1S/C20H33F2N3O/c1-5-23-20(25-13-16(8-9-26)10-14(2)3)24-12-15(4)18-7-6-17(21)11-19(18)22/h6-7,11,14-16,26H,5,8-10,12-13H2,1-4H3,(H2,23,24,25). The minimum atomic E-state index is -0.568. The third kappa shape index (κ3) is 8.13. The lowest BCUT2D eigenvalue weighted by Crippen LogP contribution is -2.39. The number of aliphatic hydroxyl groups is 1. The third-order valence-electron chi connectivity index (χ3n) is 4.26. The molecule has 3 N–H and O–H groups in total. The zero-order valence-corrected chi connectivity index (χ0v) is 16.4. The Morgan fingerprint density at radius 2 is 1.92 bits per heavy atom. The summed E-state index contributed by atoms with van der Waals surface area (Å²) >= 11 is 0. The molecule has 2 atom stereocenters. The number of halogens is 2. The van der Waals surface area contributed by atoms with Gasteiger partial charge in [-0.25, -0.2) is 8.78 Å². The highest BCUT2D eigenvalue weighted by molar-refractivity contribution is 5.79. The Kier molecular flexibility index (Phi) is 10.2. The van der Waals surface area contributed by atoms with Crippen LogP contribution in [0, 0.1) is 23.5 Å². The van der Waals surface area contributed by atoms with Crippen LogP contribution < -0.4 is 10.6 Å². The predicted octanol–water partition coefficient (Wildman–Crippen LogP) is 3.67. The van der Waals surface area contributed by atoms with Crippen molar-refractivity contribution in [2.45, 2.75) is 46.5 Å². The van der Waals surface area contributed by atoms with Gasteiger partial charge in [-0.15, -0.1) is 0 Å². The first-order valence-corrected chi connectivity index (χ1v) is 9.45. The van der Waals surface area contributed by atoms with Crippen LogP contribution in [0.1, 0.15) is 52.0 Å². The minimum Gasteiger partial charge on any atom is -0.396 e. The minimum absolute atomic E-state index is 0.122. The van der Waals surface area contributed by atoms with Crippen LogP contribution in [0.4, 0.5) is 8.78 Å². The number of guanidine groups is 1. The first kappa shape index (κ1) is 22.4. The monoisotopic (exact) mass is 369 g/mol. The van der Waals surface area contributed by atoms with Gasteiger partial charge in [0.25, 0.3) is 0 Å². The van der Waals surface area contributed by atoms with Crippen molar-refractivity contribution >= 4 is 5.96 Å². The number of benzene rings is 1. The number of nitrogens with one attached hydrogen (secondary N) is 2. The molecule has 0 aliphatic heterocycles. The van der Waals surface area contributed by atoms with Crippen molar-refractivity contribution in [3.8, 4) is 0 Å². The highest BCUT2D eigenvalue weighted by atomic mass is 19.1. The second kappa shape index (κ2) is 11.8. The lowest BCUT2D eigenvalue weighted by Gasteiger charge is -2.19. The van der Waals surface area contributed by atoms with Crippen molar-refractivity contribution in [3.63, 3.8) is 0 Å². The van der Waals surface area contributed by atoms with Crippen LogP contribution in [0.3, 0.4) is 0 Å². The Labute approximate surface area is 156 Å². The molecule has 0 aromatic heterocycles. The highest BCUT2D eigenvalue weighted by Crippen LogP contribution is 2.19. The van der Waals surface area contributed by atoms with Crippen molar-refractivity contribution in [1.82, 2.24) is 10.6 Å². The summed E-state index contributed by atoms with van der Waals surface area (Å²) in [6, 6.07) is 3.68. The first-order valence-electron chi connectivity index (χ1n) is 9.45. The zero-order valence-electron chi connectivity index (χ0n) is 16.4. The van der Waals surface area contributed by atoms with E-state index in [0.717, 1.165) is 25.5 Å². The van der Waals surface area contributed by atoms with E-state index < -0.39 is 11.6 Å². The van der Waals surface area contributed by atoms with Gasteiger partial charge >= 0.3 is 0 Å². The van der Waals surface area contributed by atoms with E-state index in [0.29, 0.717) is 36.4 Å². The molecule has 1 aromatic rings. The molecule has 0 saturated carbocycles. The van der Waals surface area contributed by atoms with E-state index >= 15 is 0 Å². The van der Waals surface area contributed by atoms with Gasteiger partial charge in [0.15, 0.2) is 5.96 Å². The van der Waals surface area contributed by atoms with Gasteiger partial charge < -0.3 is 15.7 Å². The number of hydrogen-bond acceptors (Lipinski definition) is 2. The normalized spacial score (nSPS) is 14.4. The van der Waals surface area contributed by atoms with Gasteiger partial charge in [-0.05, 0) is 43.2 Å². The Morgan fingerprint density at radius 1 is 1.19 bits per heavy atom. The van der Waals surface area contributed by atoms with Crippen LogP contribution >= 0.6 is 0 Å². The van der Waals surface area contributed by atoms with Gasteiger partial charge in [-0.1, -0.05) is 26.8 Å². The first-order chi connectivity index (χ1) is 12.4. The number of aliphatic hydroxyl groups excluding tert-OH is 1. The third-order valence-corrected chi connectivity index (χ3v) is 4.26. The van der Waals surface area contributed by atoms with Crippen molar-refractivity contribution in [2.24, 2.45) is 16.8 Å². The molecule has 1 rings (SSSR count). The van der Waals surface area contributed by atoms with Gasteiger partial charge in [0, 0.05) is 38.2 Å². The fourth-order valence-electron chi connectivity index (χ4n) is 2.96. The van der Waals surface area contributed by atoms with Gasteiger partial charge in [0.2, 0.25) is 0 Å². The molecule has 0 heterocycles. The van der Waals surface area contributed by atoms with Crippen molar-refractivity contribution in [2.75, 3.05) is 26.2 Å². The Balaban J connectivity index is 2.68. The largest absolute Gasteiger partial charge is 0.396 e. The number of nitrogens with zero attached hydrogens (tertiary/aromatic N) is 1. The van der Waals surface area contributed by atoms with Crippen molar-refractivity contribution in [3.05, 3.63) is 35.4 Å². The summed E-state index contributed by atoms with van der Waals surface area (Å²) in [5, 5.41) is 15.6. The summed E-state index contributed by atoms with van der Waals surface area (Å²) in [5.74, 6) is 0.348. The predicted molar refractivity (Wildman–Crippen MR) is 103 cm³/mol. The number of rotatable bonds is 10. The molecule has 0 aliphatic carbocycles. The molecule has 26 heavy (non-hydrogen) atoms. The van der Waals surface area contributed by atoms with Gasteiger partial charge in [0.05, 0.1) is 0 Å². The van der Waals surface area contributed by atoms with E-state index in [1.165, 1.54) is 12.1 Å². The second-order valence-electron chi connectivity index (χ2n) is 7.18. The van der Waals surface area contributed by atoms with E-state index in [1.807, 2.05) is 13.8 Å². The summed E-state index contributed by atoms with van der Waals surface area (Å²) < 4.78 is 26.9. The maximum atomic E-state index is 13.9. The maximum absolute atomic E-state index is 13.9. The zero-order chi connectivity index (χ0) is 19.5. The molecular formula is C20H33F2N3O. The van der Waals surface area contributed by atoms with E-state index in [-0.39, 0.29) is 12.5 Å². The molecule has 4 nitrogen and oxygen atoms in total.